The van der Waals surface area contributed by atoms with Gasteiger partial charge in [-0.05, 0) is 18.4 Å². The van der Waals surface area contributed by atoms with Crippen molar-refractivity contribution >= 4 is 5.78 Å². The Kier molecular flexibility index (Phi) is 3.60. The van der Waals surface area contributed by atoms with E-state index in [4.69, 9.17) is 9.47 Å². The van der Waals surface area contributed by atoms with Crippen molar-refractivity contribution in [3.8, 4) is 11.5 Å². The molecule has 1 aromatic rings. The average Bonchev–Trinajstić information content (AvgIpc) is 2.36. The van der Waals surface area contributed by atoms with Crippen LogP contribution in [0.15, 0.2) is 6.07 Å². The number of hydrogen-bond donors (Lipinski definition) is 0. The summed E-state index contributed by atoms with van der Waals surface area (Å²) in [6.45, 7) is 4.27. The Morgan fingerprint density at radius 2 is 1.83 bits per heavy atom. The molecule has 0 aliphatic heterocycles. The van der Waals surface area contributed by atoms with Gasteiger partial charge in [-0.1, -0.05) is 13.8 Å². The molecule has 2 rings (SSSR count). The zero-order valence-corrected chi connectivity index (χ0v) is 11.5. The molecule has 1 aliphatic rings. The van der Waals surface area contributed by atoms with Crippen molar-refractivity contribution in [2.75, 3.05) is 14.2 Å². The Bertz CT molecular complexity index is 475. The highest BCUT2D eigenvalue weighted by atomic mass is 16.5. The summed E-state index contributed by atoms with van der Waals surface area (Å²) in [6.07, 6.45) is 1.83. The Balaban J connectivity index is 2.65. The van der Waals surface area contributed by atoms with Gasteiger partial charge in [0.1, 0.15) is 17.3 Å². The van der Waals surface area contributed by atoms with Crippen LogP contribution in [0.4, 0.5) is 0 Å². The number of benzene rings is 1. The predicted octanol–water partition coefficient (Wildman–Crippen LogP) is 2.89. The van der Waals surface area contributed by atoms with Gasteiger partial charge < -0.3 is 9.47 Å². The highest BCUT2D eigenvalue weighted by molar-refractivity contribution is 5.85. The number of carbonyl (C=O) groups excluding carboxylic acids is 1. The fourth-order valence-corrected chi connectivity index (χ4v) is 2.61. The molecule has 0 N–H and O–H groups in total. The van der Waals surface area contributed by atoms with Gasteiger partial charge in [0.05, 0.1) is 14.2 Å². The van der Waals surface area contributed by atoms with Crippen molar-refractivity contribution < 1.29 is 14.3 Å². The molecule has 0 fully saturated rings. The summed E-state index contributed by atoms with van der Waals surface area (Å²) < 4.78 is 11.0. The van der Waals surface area contributed by atoms with Crippen LogP contribution in [0.25, 0.3) is 0 Å². The minimum absolute atomic E-state index is 0.278. The minimum atomic E-state index is 0.278. The van der Waals surface area contributed by atoms with E-state index >= 15 is 0 Å². The molecule has 0 aromatic heterocycles. The number of Topliss-reactive ketones (excluding diaryl/α,β-unsaturated/α-hetero) is 1. The zero-order valence-electron chi connectivity index (χ0n) is 11.5. The molecule has 0 bridgehead atoms. The second-order valence-electron chi connectivity index (χ2n) is 5.03. The van der Waals surface area contributed by atoms with Crippen LogP contribution >= 0.6 is 0 Å². The molecule has 0 spiro atoms. The molecule has 3 heteroatoms. The maximum atomic E-state index is 11.6. The van der Waals surface area contributed by atoms with Crippen molar-refractivity contribution in [1.29, 1.82) is 0 Å². The highest BCUT2D eigenvalue weighted by Gasteiger charge is 2.26. The first-order valence-corrected chi connectivity index (χ1v) is 6.36. The van der Waals surface area contributed by atoms with Crippen molar-refractivity contribution in [2.24, 2.45) is 0 Å². The second-order valence-corrected chi connectivity index (χ2v) is 5.03. The first kappa shape index (κ1) is 12.9. The summed E-state index contributed by atoms with van der Waals surface area (Å²) in [5.41, 5.74) is 3.32. The molecule has 0 saturated heterocycles. The molecular formula is C15H20O3. The molecule has 98 valence electrons. The van der Waals surface area contributed by atoms with Crippen LogP contribution in [0.5, 0.6) is 11.5 Å². The van der Waals surface area contributed by atoms with Gasteiger partial charge in [-0.25, -0.2) is 0 Å². The first-order valence-electron chi connectivity index (χ1n) is 6.36. The normalized spacial score (nSPS) is 14.6. The molecule has 18 heavy (non-hydrogen) atoms. The number of fused-ring (bicyclic) bond motifs is 1. The second kappa shape index (κ2) is 5.01. The summed E-state index contributed by atoms with van der Waals surface area (Å²) in [6, 6.07) is 2.01. The monoisotopic (exact) mass is 248 g/mol. The fraction of sp³-hybridized carbons (Fsp3) is 0.533. The van der Waals surface area contributed by atoms with Gasteiger partial charge in [0.25, 0.3) is 0 Å². The third-order valence-electron chi connectivity index (χ3n) is 3.56. The van der Waals surface area contributed by atoms with E-state index in [0.717, 1.165) is 34.6 Å². The van der Waals surface area contributed by atoms with Crippen LogP contribution in [0.1, 0.15) is 42.9 Å². The van der Waals surface area contributed by atoms with Gasteiger partial charge in [-0.3, -0.25) is 4.79 Å². The number of hydrogen-bond acceptors (Lipinski definition) is 3. The molecule has 0 saturated carbocycles. The molecule has 0 amide bonds. The fourth-order valence-electron chi connectivity index (χ4n) is 2.61. The third-order valence-corrected chi connectivity index (χ3v) is 3.56. The number of rotatable bonds is 3. The van der Waals surface area contributed by atoms with Gasteiger partial charge in [-0.15, -0.1) is 0 Å². The lowest BCUT2D eigenvalue weighted by atomic mass is 9.85. The van der Waals surface area contributed by atoms with Crippen LogP contribution in [0.3, 0.4) is 0 Å². The summed E-state index contributed by atoms with van der Waals surface area (Å²) in [7, 11) is 3.36. The van der Waals surface area contributed by atoms with Crippen molar-refractivity contribution in [1.82, 2.24) is 0 Å². The maximum Gasteiger partial charge on any atom is 0.137 e. The molecule has 1 aliphatic carbocycles. The number of ether oxygens (including phenoxy) is 2. The van der Waals surface area contributed by atoms with Gasteiger partial charge in [0.2, 0.25) is 0 Å². The van der Waals surface area contributed by atoms with E-state index in [0.29, 0.717) is 18.8 Å². The summed E-state index contributed by atoms with van der Waals surface area (Å²) >= 11 is 0. The zero-order chi connectivity index (χ0) is 13.3. The van der Waals surface area contributed by atoms with Crippen molar-refractivity contribution in [2.45, 2.75) is 39.0 Å². The summed E-state index contributed by atoms with van der Waals surface area (Å²) in [5.74, 6) is 2.41. The predicted molar refractivity (Wildman–Crippen MR) is 70.7 cm³/mol. The number of methoxy groups -OCH3 is 2. The van der Waals surface area contributed by atoms with Crippen LogP contribution in [-0.4, -0.2) is 20.0 Å². The Labute approximate surface area is 108 Å². The summed E-state index contributed by atoms with van der Waals surface area (Å²) in [4.78, 5) is 11.6. The van der Waals surface area contributed by atoms with Crippen LogP contribution in [-0.2, 0) is 17.6 Å². The van der Waals surface area contributed by atoms with E-state index in [1.54, 1.807) is 14.2 Å². The number of ketones is 1. The van der Waals surface area contributed by atoms with E-state index in [2.05, 4.69) is 13.8 Å². The van der Waals surface area contributed by atoms with E-state index in [9.17, 15) is 4.79 Å². The smallest absolute Gasteiger partial charge is 0.137 e. The average molecular weight is 248 g/mol. The van der Waals surface area contributed by atoms with Crippen LogP contribution < -0.4 is 9.47 Å². The van der Waals surface area contributed by atoms with Crippen molar-refractivity contribution in [3.63, 3.8) is 0 Å². The molecule has 3 nitrogen and oxygen atoms in total. The lowest BCUT2D eigenvalue weighted by Gasteiger charge is -2.24. The van der Waals surface area contributed by atoms with Crippen LogP contribution in [0.2, 0.25) is 0 Å². The Hall–Kier alpha value is -1.51. The van der Waals surface area contributed by atoms with E-state index in [1.165, 1.54) is 0 Å². The van der Waals surface area contributed by atoms with Crippen molar-refractivity contribution in [3.05, 3.63) is 22.8 Å². The standard InChI is InChI=1S/C15H20O3/c1-9(2)12-8-14(17-3)13-7-10(16)5-6-11(13)15(12)18-4/h8-9H,5-7H2,1-4H3. The molecule has 0 atom stereocenters. The van der Waals surface area contributed by atoms with Crippen LogP contribution in [0, 0.1) is 0 Å². The molecule has 0 unspecified atom stereocenters. The SMILES string of the molecule is COc1cc(C(C)C)c(OC)c2c1CC(=O)CC2. The lowest BCUT2D eigenvalue weighted by molar-refractivity contribution is -0.118. The maximum absolute atomic E-state index is 11.6. The van der Waals surface area contributed by atoms with E-state index in [-0.39, 0.29) is 5.78 Å². The minimum Gasteiger partial charge on any atom is -0.496 e. The molecule has 1 aromatic carbocycles. The quantitative estimate of drug-likeness (QED) is 0.825. The topological polar surface area (TPSA) is 35.5 Å². The van der Waals surface area contributed by atoms with Gasteiger partial charge in [0, 0.05) is 29.5 Å². The lowest BCUT2D eigenvalue weighted by Crippen LogP contribution is -2.16. The molecule has 0 radical (unpaired) electrons. The van der Waals surface area contributed by atoms with Gasteiger partial charge in [-0.2, -0.15) is 0 Å². The third kappa shape index (κ3) is 2.09. The highest BCUT2D eigenvalue weighted by Crippen LogP contribution is 2.40. The Morgan fingerprint density at radius 1 is 1.11 bits per heavy atom. The van der Waals surface area contributed by atoms with E-state index < -0.39 is 0 Å². The Morgan fingerprint density at radius 3 is 2.39 bits per heavy atom. The van der Waals surface area contributed by atoms with Gasteiger partial charge >= 0.3 is 0 Å². The van der Waals surface area contributed by atoms with E-state index in [1.807, 2.05) is 6.07 Å². The van der Waals surface area contributed by atoms with Gasteiger partial charge in [0.15, 0.2) is 0 Å². The largest absolute Gasteiger partial charge is 0.496 e. The summed E-state index contributed by atoms with van der Waals surface area (Å²) in [5, 5.41) is 0. The molecular weight excluding hydrogens is 228 g/mol. The first-order chi connectivity index (χ1) is 8.58. The molecule has 0 heterocycles. The number of carbonyl (C=O) groups is 1.